The second kappa shape index (κ2) is 10.1. The average molecular weight is 460 g/mol. The quantitative estimate of drug-likeness (QED) is 0.253. The molecule has 0 radical (unpaired) electrons. The molecular weight excluding hydrogens is 434 g/mol. The van der Waals surface area contributed by atoms with Crippen molar-refractivity contribution < 1.29 is 14.6 Å². The first-order valence-electron chi connectivity index (χ1n) is 11.5. The Hall–Kier alpha value is -4.57. The molecule has 0 saturated heterocycles. The van der Waals surface area contributed by atoms with Gasteiger partial charge in [-0.3, -0.25) is 0 Å². The molecule has 1 heterocycles. The van der Waals surface area contributed by atoms with E-state index in [4.69, 9.17) is 9.84 Å². The first-order chi connectivity index (χ1) is 17.1. The maximum absolute atomic E-state index is 11.1. The maximum Gasteiger partial charge on any atom is 0.328 e. The Bertz CT molecular complexity index is 1480. The summed E-state index contributed by atoms with van der Waals surface area (Å²) in [7, 11) is 0. The average Bonchev–Trinajstić information content (AvgIpc) is 3.30. The van der Waals surface area contributed by atoms with Gasteiger partial charge in [0.25, 0.3) is 0 Å². The number of hydrogen-bond acceptors (Lipinski definition) is 2. The van der Waals surface area contributed by atoms with Crippen LogP contribution < -0.4 is 4.74 Å². The highest BCUT2D eigenvalue weighted by molar-refractivity contribution is 5.88. The fraction of sp³-hybridized carbons (Fsp3) is 0.0645. The number of nitrogens with zero attached hydrogens (tertiary/aromatic N) is 1. The van der Waals surface area contributed by atoms with Gasteiger partial charge in [0.2, 0.25) is 0 Å². The van der Waals surface area contributed by atoms with Crippen molar-refractivity contribution in [2.45, 2.75) is 13.2 Å². The van der Waals surface area contributed by atoms with Crippen LogP contribution in [0.1, 0.15) is 16.7 Å². The summed E-state index contributed by atoms with van der Waals surface area (Å²) in [6, 6.07) is 32.7. The summed E-state index contributed by atoms with van der Waals surface area (Å²) in [6.45, 7) is 1.23. The van der Waals surface area contributed by atoms with E-state index >= 15 is 0 Å². The molecule has 35 heavy (non-hydrogen) atoms. The van der Waals surface area contributed by atoms with E-state index < -0.39 is 5.97 Å². The molecule has 172 valence electrons. The van der Waals surface area contributed by atoms with Gasteiger partial charge in [0.1, 0.15) is 12.4 Å². The predicted molar refractivity (Wildman–Crippen MR) is 140 cm³/mol. The Morgan fingerprint density at radius 3 is 2.29 bits per heavy atom. The molecule has 0 saturated carbocycles. The van der Waals surface area contributed by atoms with Crippen molar-refractivity contribution in [3.63, 3.8) is 0 Å². The van der Waals surface area contributed by atoms with E-state index in [2.05, 4.69) is 53.2 Å². The third-order valence-corrected chi connectivity index (χ3v) is 5.89. The zero-order chi connectivity index (χ0) is 24.0. The van der Waals surface area contributed by atoms with Gasteiger partial charge in [0.15, 0.2) is 0 Å². The SMILES string of the molecule is O=C(O)C=Cc1cn(Cc2ccc3cc(OCc4ccccc4)ccc3c2)cc1-c1ccccc1. The smallest absolute Gasteiger partial charge is 0.328 e. The number of carbonyl (C=O) groups is 1. The Labute approximate surface area is 204 Å². The Morgan fingerprint density at radius 2 is 1.51 bits per heavy atom. The molecule has 1 N–H and O–H groups in total. The number of aromatic nitrogens is 1. The summed E-state index contributed by atoms with van der Waals surface area (Å²) in [5, 5.41) is 11.4. The number of hydrogen-bond donors (Lipinski definition) is 1. The van der Waals surface area contributed by atoms with Gasteiger partial charge in [-0.05, 0) is 51.7 Å². The molecule has 1 aromatic heterocycles. The maximum atomic E-state index is 11.1. The first kappa shape index (κ1) is 22.2. The summed E-state index contributed by atoms with van der Waals surface area (Å²) in [5.41, 5.74) is 5.24. The molecule has 0 aliphatic carbocycles. The van der Waals surface area contributed by atoms with E-state index in [-0.39, 0.29) is 0 Å². The molecule has 0 aliphatic rings. The largest absolute Gasteiger partial charge is 0.489 e. The number of carboxylic acids is 1. The molecule has 0 atom stereocenters. The van der Waals surface area contributed by atoms with E-state index in [1.165, 1.54) is 11.6 Å². The van der Waals surface area contributed by atoms with E-state index in [1.54, 1.807) is 6.08 Å². The molecule has 5 aromatic rings. The molecule has 0 unspecified atom stereocenters. The first-order valence-corrected chi connectivity index (χ1v) is 11.5. The van der Waals surface area contributed by atoms with Crippen molar-refractivity contribution in [1.29, 1.82) is 0 Å². The lowest BCUT2D eigenvalue weighted by atomic mass is 10.0. The highest BCUT2D eigenvalue weighted by atomic mass is 16.5. The third-order valence-electron chi connectivity index (χ3n) is 5.89. The Morgan fingerprint density at radius 1 is 0.800 bits per heavy atom. The molecule has 5 rings (SSSR count). The van der Waals surface area contributed by atoms with Gasteiger partial charge in [-0.2, -0.15) is 0 Å². The number of benzene rings is 4. The van der Waals surface area contributed by atoms with E-state index in [0.717, 1.165) is 38.8 Å². The monoisotopic (exact) mass is 459 g/mol. The van der Waals surface area contributed by atoms with Crippen molar-refractivity contribution in [2.75, 3.05) is 0 Å². The van der Waals surface area contributed by atoms with Gasteiger partial charge >= 0.3 is 5.97 Å². The Balaban J connectivity index is 1.36. The summed E-state index contributed by atoms with van der Waals surface area (Å²) < 4.78 is 8.07. The lowest BCUT2D eigenvalue weighted by Crippen LogP contribution is -1.97. The van der Waals surface area contributed by atoms with Gasteiger partial charge in [-0.15, -0.1) is 0 Å². The molecule has 4 nitrogen and oxygen atoms in total. The molecule has 0 spiro atoms. The summed E-state index contributed by atoms with van der Waals surface area (Å²) in [6.07, 6.45) is 6.90. The predicted octanol–water partition coefficient (Wildman–Crippen LogP) is 7.03. The van der Waals surface area contributed by atoms with Crippen LogP contribution in [0.15, 0.2) is 116 Å². The normalized spacial score (nSPS) is 11.2. The third kappa shape index (κ3) is 5.50. The van der Waals surface area contributed by atoms with Crippen LogP contribution in [0.3, 0.4) is 0 Å². The zero-order valence-electron chi connectivity index (χ0n) is 19.2. The van der Waals surface area contributed by atoms with Crippen LogP contribution >= 0.6 is 0 Å². The molecule has 0 fully saturated rings. The minimum absolute atomic E-state index is 0.542. The minimum Gasteiger partial charge on any atom is -0.489 e. The van der Waals surface area contributed by atoms with Crippen LogP contribution in [-0.4, -0.2) is 15.6 Å². The molecule has 0 amide bonds. The minimum atomic E-state index is -0.960. The summed E-state index contributed by atoms with van der Waals surface area (Å²) >= 11 is 0. The van der Waals surface area contributed by atoms with Gasteiger partial charge in [-0.1, -0.05) is 78.9 Å². The van der Waals surface area contributed by atoms with Crippen LogP contribution in [0.2, 0.25) is 0 Å². The number of ether oxygens (including phenoxy) is 1. The highest BCUT2D eigenvalue weighted by Gasteiger charge is 2.09. The number of rotatable bonds is 8. The van der Waals surface area contributed by atoms with Crippen molar-refractivity contribution in [1.82, 2.24) is 4.57 Å². The standard InChI is InChI=1S/C31H25NO3/c33-31(34)16-14-28-20-32(21-30(28)25-9-5-2-6-10-25)19-24-11-12-27-18-29(15-13-26(27)17-24)35-22-23-7-3-1-4-8-23/h1-18,20-21H,19,22H2,(H,33,34). The van der Waals surface area contributed by atoms with Crippen molar-refractivity contribution >= 4 is 22.8 Å². The van der Waals surface area contributed by atoms with Crippen LogP contribution in [0.25, 0.3) is 28.0 Å². The fourth-order valence-electron chi connectivity index (χ4n) is 4.18. The highest BCUT2D eigenvalue weighted by Crippen LogP contribution is 2.28. The summed E-state index contributed by atoms with van der Waals surface area (Å²) in [5.74, 6) is -0.111. The van der Waals surface area contributed by atoms with Crippen molar-refractivity contribution in [2.24, 2.45) is 0 Å². The van der Waals surface area contributed by atoms with E-state index in [9.17, 15) is 4.79 Å². The lowest BCUT2D eigenvalue weighted by Gasteiger charge is -2.09. The molecule has 4 heteroatoms. The van der Waals surface area contributed by atoms with E-state index in [1.807, 2.05) is 60.8 Å². The van der Waals surface area contributed by atoms with Gasteiger partial charge in [0, 0.05) is 36.1 Å². The number of fused-ring (bicyclic) bond motifs is 1. The second-order valence-corrected chi connectivity index (χ2v) is 8.45. The Kier molecular flexibility index (Phi) is 6.44. The summed E-state index contributed by atoms with van der Waals surface area (Å²) in [4.78, 5) is 11.1. The molecule has 0 bridgehead atoms. The number of aliphatic carboxylic acids is 1. The van der Waals surface area contributed by atoms with Gasteiger partial charge in [0.05, 0.1) is 0 Å². The molecular formula is C31H25NO3. The lowest BCUT2D eigenvalue weighted by molar-refractivity contribution is -0.131. The van der Waals surface area contributed by atoms with Crippen LogP contribution in [0.5, 0.6) is 5.75 Å². The van der Waals surface area contributed by atoms with Gasteiger partial charge in [-0.25, -0.2) is 4.79 Å². The fourth-order valence-corrected chi connectivity index (χ4v) is 4.18. The van der Waals surface area contributed by atoms with Crippen LogP contribution in [0.4, 0.5) is 0 Å². The van der Waals surface area contributed by atoms with E-state index in [0.29, 0.717) is 13.2 Å². The van der Waals surface area contributed by atoms with Crippen molar-refractivity contribution in [3.8, 4) is 16.9 Å². The second-order valence-electron chi connectivity index (χ2n) is 8.45. The van der Waals surface area contributed by atoms with Crippen LogP contribution in [-0.2, 0) is 17.9 Å². The number of carboxylic acid groups (broad SMARTS) is 1. The topological polar surface area (TPSA) is 51.5 Å². The van der Waals surface area contributed by atoms with Gasteiger partial charge < -0.3 is 14.4 Å². The molecule has 4 aromatic carbocycles. The zero-order valence-corrected chi connectivity index (χ0v) is 19.2. The van der Waals surface area contributed by atoms with Crippen molar-refractivity contribution in [3.05, 3.63) is 132 Å². The molecule has 0 aliphatic heterocycles. The van der Waals surface area contributed by atoms with Crippen LogP contribution in [0, 0.1) is 0 Å².